The Bertz CT molecular complexity index is 895. The van der Waals surface area contributed by atoms with Gasteiger partial charge in [-0.05, 0) is 62.6 Å². The Hall–Kier alpha value is -1.94. The molecule has 24 heavy (non-hydrogen) atoms. The lowest BCUT2D eigenvalue weighted by molar-refractivity contribution is 0.793. The number of hydrogen-bond donors (Lipinski definition) is 1. The summed E-state index contributed by atoms with van der Waals surface area (Å²) in [5.74, 6) is 0. The molecule has 0 amide bonds. The van der Waals surface area contributed by atoms with Gasteiger partial charge in [0.2, 0.25) is 0 Å². The second-order valence-corrected chi connectivity index (χ2v) is 7.30. The summed E-state index contributed by atoms with van der Waals surface area (Å²) in [6.45, 7) is 10.4. The van der Waals surface area contributed by atoms with Crippen LogP contribution in [0.1, 0.15) is 37.8 Å². The van der Waals surface area contributed by atoms with Crippen molar-refractivity contribution in [3.63, 3.8) is 0 Å². The van der Waals surface area contributed by atoms with E-state index in [9.17, 15) is 0 Å². The van der Waals surface area contributed by atoms with Crippen LogP contribution in [0, 0.1) is 13.8 Å². The molecule has 0 fully saturated rings. The summed E-state index contributed by atoms with van der Waals surface area (Å²) < 4.78 is 1.22. The molecular weight excluding hydrogens is 314 g/mol. The summed E-state index contributed by atoms with van der Waals surface area (Å²) in [5, 5.41) is 4.54. The van der Waals surface area contributed by atoms with Gasteiger partial charge >= 0.3 is 0 Å². The van der Waals surface area contributed by atoms with E-state index in [4.69, 9.17) is 9.98 Å². The molecule has 126 valence electrons. The molecule has 0 unspecified atom stereocenters. The highest BCUT2D eigenvalue weighted by atomic mass is 32.1. The van der Waals surface area contributed by atoms with Crippen LogP contribution in [0.4, 0.5) is 5.69 Å². The van der Waals surface area contributed by atoms with Gasteiger partial charge in [-0.2, -0.15) is 0 Å². The summed E-state index contributed by atoms with van der Waals surface area (Å²) in [7, 11) is 0. The molecule has 0 saturated carbocycles. The highest BCUT2D eigenvalue weighted by Crippen LogP contribution is 2.33. The van der Waals surface area contributed by atoms with Gasteiger partial charge in [-0.15, -0.1) is 11.3 Å². The first-order valence-corrected chi connectivity index (χ1v) is 9.54. The Balaban J connectivity index is 2.15. The first-order chi connectivity index (χ1) is 11.6. The molecule has 0 radical (unpaired) electrons. The molecule has 0 bridgehead atoms. The average Bonchev–Trinajstić information content (AvgIpc) is 2.55. The lowest BCUT2D eigenvalue weighted by atomic mass is 10.1. The van der Waals surface area contributed by atoms with Crippen LogP contribution in [0.15, 0.2) is 29.3 Å². The molecule has 1 heterocycles. The molecule has 2 aliphatic rings. The minimum absolute atomic E-state index is 0.901. The predicted molar refractivity (Wildman–Crippen MR) is 105 cm³/mol. The molecule has 0 aromatic heterocycles. The number of anilines is 1. The SMILES string of the molecule is CCCCN=c1cc2sc3cc(NCC)c(C)cc3nc-2cc1C. The zero-order valence-electron chi connectivity index (χ0n) is 14.9. The monoisotopic (exact) mass is 339 g/mol. The zero-order valence-corrected chi connectivity index (χ0v) is 15.8. The fraction of sp³-hybridized carbons (Fsp3) is 0.400. The number of hydrogen-bond acceptors (Lipinski definition) is 4. The van der Waals surface area contributed by atoms with E-state index in [1.807, 2.05) is 0 Å². The Morgan fingerprint density at radius 3 is 2.67 bits per heavy atom. The second kappa shape index (κ2) is 7.31. The van der Waals surface area contributed by atoms with Crippen LogP contribution in [0.2, 0.25) is 0 Å². The average molecular weight is 340 g/mol. The smallest absolute Gasteiger partial charge is 0.0813 e. The quantitative estimate of drug-likeness (QED) is 0.515. The van der Waals surface area contributed by atoms with Crippen molar-refractivity contribution in [2.24, 2.45) is 4.99 Å². The first-order valence-electron chi connectivity index (χ1n) is 8.72. The van der Waals surface area contributed by atoms with Crippen molar-refractivity contribution in [3.05, 3.63) is 40.7 Å². The van der Waals surface area contributed by atoms with E-state index in [-0.39, 0.29) is 0 Å². The maximum atomic E-state index is 4.88. The topological polar surface area (TPSA) is 37.3 Å². The molecule has 3 rings (SSSR count). The summed E-state index contributed by atoms with van der Waals surface area (Å²) in [6.07, 6.45) is 2.32. The predicted octanol–water partition coefficient (Wildman–Crippen LogP) is 5.15. The third-order valence-corrected chi connectivity index (χ3v) is 5.30. The minimum Gasteiger partial charge on any atom is -0.385 e. The van der Waals surface area contributed by atoms with Crippen molar-refractivity contribution >= 4 is 27.2 Å². The number of aromatic nitrogens is 1. The molecule has 1 N–H and O–H groups in total. The van der Waals surface area contributed by atoms with E-state index in [1.54, 1.807) is 11.3 Å². The number of unbranched alkanes of at least 4 members (excludes halogenated alkanes) is 1. The van der Waals surface area contributed by atoms with Crippen molar-refractivity contribution in [1.29, 1.82) is 0 Å². The lowest BCUT2D eigenvalue weighted by Gasteiger charge is -2.12. The molecule has 1 aliphatic carbocycles. The summed E-state index contributed by atoms with van der Waals surface area (Å²) in [6, 6.07) is 8.77. The molecule has 1 aromatic rings. The molecule has 0 saturated heterocycles. The van der Waals surface area contributed by atoms with Gasteiger partial charge < -0.3 is 5.32 Å². The molecule has 4 heteroatoms. The van der Waals surface area contributed by atoms with Gasteiger partial charge in [0.15, 0.2) is 0 Å². The number of benzene rings is 2. The third kappa shape index (κ3) is 3.44. The van der Waals surface area contributed by atoms with E-state index >= 15 is 0 Å². The van der Waals surface area contributed by atoms with Gasteiger partial charge in [-0.25, -0.2) is 4.98 Å². The van der Waals surface area contributed by atoms with Crippen molar-refractivity contribution in [3.8, 4) is 10.6 Å². The number of nitrogens with one attached hydrogen (secondary N) is 1. The summed E-state index contributed by atoms with van der Waals surface area (Å²) in [4.78, 5) is 10.8. The van der Waals surface area contributed by atoms with Crippen LogP contribution in [0.5, 0.6) is 0 Å². The van der Waals surface area contributed by atoms with Crippen molar-refractivity contribution < 1.29 is 0 Å². The van der Waals surface area contributed by atoms with Crippen molar-refractivity contribution in [2.75, 3.05) is 18.4 Å². The molecule has 1 aromatic carbocycles. The largest absolute Gasteiger partial charge is 0.385 e. The van der Waals surface area contributed by atoms with E-state index < -0.39 is 0 Å². The number of nitrogens with zero attached hydrogens (tertiary/aromatic N) is 2. The van der Waals surface area contributed by atoms with Crippen molar-refractivity contribution in [1.82, 2.24) is 4.98 Å². The number of aryl methyl sites for hydroxylation is 2. The summed E-state index contributed by atoms with van der Waals surface area (Å²) in [5.41, 5.74) is 5.78. The molecular formula is C20H25N3S. The van der Waals surface area contributed by atoms with Gasteiger partial charge in [0.25, 0.3) is 0 Å². The molecule has 0 atom stereocenters. The summed E-state index contributed by atoms with van der Waals surface area (Å²) >= 11 is 1.80. The van der Waals surface area contributed by atoms with E-state index in [2.05, 4.69) is 57.3 Å². The van der Waals surface area contributed by atoms with Gasteiger partial charge in [-0.3, -0.25) is 4.99 Å². The van der Waals surface area contributed by atoms with E-state index in [0.29, 0.717) is 0 Å². The lowest BCUT2D eigenvalue weighted by Crippen LogP contribution is -2.09. The standard InChI is InChI=1S/C20H25N3S/c1-5-7-8-22-16-12-20-18(10-14(16)4)23-17-9-13(3)15(21-6-2)11-19(17)24-20/h9-12,21H,5-8H2,1-4H3. The highest BCUT2D eigenvalue weighted by Gasteiger charge is 2.10. The van der Waals surface area contributed by atoms with Gasteiger partial charge in [0.1, 0.15) is 0 Å². The second-order valence-electron chi connectivity index (χ2n) is 6.22. The Kier molecular flexibility index (Phi) is 5.14. The maximum Gasteiger partial charge on any atom is 0.0813 e. The van der Waals surface area contributed by atoms with Crippen LogP contribution in [-0.2, 0) is 0 Å². The van der Waals surface area contributed by atoms with E-state index in [0.717, 1.165) is 36.1 Å². The van der Waals surface area contributed by atoms with Crippen LogP contribution >= 0.6 is 11.3 Å². The zero-order chi connectivity index (χ0) is 17.1. The maximum absolute atomic E-state index is 4.88. The highest BCUT2D eigenvalue weighted by molar-refractivity contribution is 7.21. The fourth-order valence-electron chi connectivity index (χ4n) is 2.83. The van der Waals surface area contributed by atoms with Crippen LogP contribution in [0.3, 0.4) is 0 Å². The van der Waals surface area contributed by atoms with Crippen LogP contribution in [-0.4, -0.2) is 18.1 Å². The molecule has 1 aliphatic heterocycles. The van der Waals surface area contributed by atoms with Gasteiger partial charge in [0, 0.05) is 18.8 Å². The Labute approximate surface area is 147 Å². The van der Waals surface area contributed by atoms with Gasteiger partial charge in [0.05, 0.1) is 26.1 Å². The van der Waals surface area contributed by atoms with Crippen LogP contribution < -0.4 is 10.7 Å². The molecule has 3 nitrogen and oxygen atoms in total. The fourth-order valence-corrected chi connectivity index (χ4v) is 3.83. The minimum atomic E-state index is 0.901. The number of fused-ring (bicyclic) bond motifs is 2. The molecule has 0 spiro atoms. The third-order valence-electron chi connectivity index (χ3n) is 4.21. The van der Waals surface area contributed by atoms with Crippen molar-refractivity contribution in [2.45, 2.75) is 40.5 Å². The van der Waals surface area contributed by atoms with E-state index in [1.165, 1.54) is 32.8 Å². The Morgan fingerprint density at radius 2 is 1.92 bits per heavy atom. The Morgan fingerprint density at radius 1 is 1.08 bits per heavy atom. The normalized spacial score (nSPS) is 12.2. The van der Waals surface area contributed by atoms with Gasteiger partial charge in [-0.1, -0.05) is 13.3 Å². The first kappa shape index (κ1) is 16.9. The number of rotatable bonds is 5. The van der Waals surface area contributed by atoms with Crippen LogP contribution in [0.25, 0.3) is 20.8 Å².